The van der Waals surface area contributed by atoms with E-state index in [4.69, 9.17) is 10.5 Å². The summed E-state index contributed by atoms with van der Waals surface area (Å²) in [4.78, 5) is 0. The van der Waals surface area contributed by atoms with E-state index in [2.05, 4.69) is 4.72 Å². The number of methoxy groups -OCH3 is 1. The number of rotatable bonds is 8. The summed E-state index contributed by atoms with van der Waals surface area (Å²) in [5.74, 6) is 0.566. The summed E-state index contributed by atoms with van der Waals surface area (Å²) in [6.07, 6.45) is 2.69. The van der Waals surface area contributed by atoms with Gasteiger partial charge in [0.25, 0.3) is 0 Å². The van der Waals surface area contributed by atoms with Crippen molar-refractivity contribution in [2.24, 2.45) is 11.7 Å². The average Bonchev–Trinajstić information content (AvgIpc) is 2.98. The van der Waals surface area contributed by atoms with Crippen LogP contribution >= 0.6 is 12.4 Å². The molecule has 0 radical (unpaired) electrons. The largest absolute Gasteiger partial charge is 0.385 e. The number of hydrogen-bond donors (Lipinski definition) is 2. The summed E-state index contributed by atoms with van der Waals surface area (Å²) in [6, 6.07) is -0.0717. The zero-order valence-electron chi connectivity index (χ0n) is 9.52. The van der Waals surface area contributed by atoms with Crippen LogP contribution in [0.5, 0.6) is 0 Å². The van der Waals surface area contributed by atoms with Gasteiger partial charge in [0.1, 0.15) is 0 Å². The zero-order chi connectivity index (χ0) is 11.3. The molecule has 1 unspecified atom stereocenters. The number of hydrogen-bond acceptors (Lipinski definition) is 4. The van der Waals surface area contributed by atoms with E-state index in [9.17, 15) is 8.42 Å². The van der Waals surface area contributed by atoms with E-state index in [0.717, 1.165) is 12.8 Å². The van der Waals surface area contributed by atoms with Crippen molar-refractivity contribution in [1.29, 1.82) is 0 Å². The zero-order valence-corrected chi connectivity index (χ0v) is 11.1. The van der Waals surface area contributed by atoms with Crippen molar-refractivity contribution in [2.45, 2.75) is 25.3 Å². The predicted octanol–water partition coefficient (Wildman–Crippen LogP) is 0.101. The van der Waals surface area contributed by atoms with Crippen LogP contribution in [0.4, 0.5) is 0 Å². The average molecular weight is 273 g/mol. The van der Waals surface area contributed by atoms with Crippen LogP contribution in [0.2, 0.25) is 0 Å². The predicted molar refractivity (Wildman–Crippen MR) is 66.2 cm³/mol. The van der Waals surface area contributed by atoms with Gasteiger partial charge in [-0.2, -0.15) is 0 Å². The van der Waals surface area contributed by atoms with Crippen molar-refractivity contribution in [1.82, 2.24) is 4.72 Å². The molecule has 0 aromatic rings. The summed E-state index contributed by atoms with van der Waals surface area (Å²) < 4.78 is 30.6. The molecular weight excluding hydrogens is 252 g/mol. The van der Waals surface area contributed by atoms with Crippen molar-refractivity contribution >= 4 is 22.4 Å². The molecule has 0 amide bonds. The van der Waals surface area contributed by atoms with Crippen molar-refractivity contribution in [3.05, 3.63) is 0 Å². The molecule has 1 rings (SSSR count). The second kappa shape index (κ2) is 7.45. The van der Waals surface area contributed by atoms with Crippen LogP contribution in [0.3, 0.4) is 0 Å². The lowest BCUT2D eigenvalue weighted by molar-refractivity contribution is 0.199. The van der Waals surface area contributed by atoms with Gasteiger partial charge >= 0.3 is 0 Å². The molecule has 1 saturated carbocycles. The van der Waals surface area contributed by atoms with Gasteiger partial charge in [0, 0.05) is 26.3 Å². The second-order valence-corrected chi connectivity index (χ2v) is 5.84. The Morgan fingerprint density at radius 2 is 2.12 bits per heavy atom. The van der Waals surface area contributed by atoms with Crippen LogP contribution in [-0.4, -0.2) is 40.5 Å². The van der Waals surface area contributed by atoms with Crippen LogP contribution in [0, 0.1) is 5.92 Å². The van der Waals surface area contributed by atoms with Crippen molar-refractivity contribution in [2.75, 3.05) is 26.0 Å². The Morgan fingerprint density at radius 1 is 1.50 bits per heavy atom. The van der Waals surface area contributed by atoms with Gasteiger partial charge in [0.2, 0.25) is 10.0 Å². The molecule has 0 saturated heterocycles. The minimum atomic E-state index is -3.18. The Kier molecular flexibility index (Phi) is 7.50. The fraction of sp³-hybridized carbons (Fsp3) is 1.00. The number of halogens is 1. The van der Waals surface area contributed by atoms with Crippen LogP contribution in [0.25, 0.3) is 0 Å². The number of sulfonamides is 1. The van der Waals surface area contributed by atoms with Gasteiger partial charge in [0.15, 0.2) is 0 Å². The third-order valence-electron chi connectivity index (χ3n) is 2.54. The molecule has 0 aromatic heterocycles. The quantitative estimate of drug-likeness (QED) is 0.614. The Balaban J connectivity index is 0.00000225. The molecule has 0 heterocycles. The molecule has 1 atom stereocenters. The van der Waals surface area contributed by atoms with Gasteiger partial charge in [-0.3, -0.25) is 0 Å². The highest BCUT2D eigenvalue weighted by atomic mass is 35.5. The van der Waals surface area contributed by atoms with Crippen LogP contribution in [0.15, 0.2) is 0 Å². The minimum Gasteiger partial charge on any atom is -0.385 e. The fourth-order valence-corrected chi connectivity index (χ4v) is 2.88. The lowest BCUT2D eigenvalue weighted by atomic mass is 10.2. The second-order valence-electron chi connectivity index (χ2n) is 3.96. The van der Waals surface area contributed by atoms with Gasteiger partial charge in [-0.15, -0.1) is 12.4 Å². The van der Waals surface area contributed by atoms with E-state index in [1.807, 2.05) is 0 Å². The SMILES string of the molecule is COCCCS(=O)(=O)NC(CN)C1CC1.Cl. The smallest absolute Gasteiger partial charge is 0.211 e. The molecular formula is C9H21ClN2O3S. The van der Waals surface area contributed by atoms with Crippen molar-refractivity contribution < 1.29 is 13.2 Å². The Bertz CT molecular complexity index is 280. The third kappa shape index (κ3) is 6.00. The maximum absolute atomic E-state index is 11.6. The van der Waals surface area contributed by atoms with Gasteiger partial charge in [-0.05, 0) is 25.2 Å². The third-order valence-corrected chi connectivity index (χ3v) is 4.03. The molecule has 1 aliphatic rings. The number of nitrogens with one attached hydrogen (secondary N) is 1. The van der Waals surface area contributed by atoms with Crippen LogP contribution in [-0.2, 0) is 14.8 Å². The summed E-state index contributed by atoms with van der Waals surface area (Å²) in [5.41, 5.74) is 5.52. The van der Waals surface area contributed by atoms with E-state index >= 15 is 0 Å². The molecule has 0 bridgehead atoms. The van der Waals surface area contributed by atoms with Gasteiger partial charge in [0.05, 0.1) is 5.75 Å². The summed E-state index contributed by atoms with van der Waals surface area (Å²) in [6.45, 7) is 0.853. The van der Waals surface area contributed by atoms with E-state index < -0.39 is 10.0 Å². The lowest BCUT2D eigenvalue weighted by Gasteiger charge is -2.15. The first-order valence-electron chi connectivity index (χ1n) is 5.28. The topological polar surface area (TPSA) is 81.4 Å². The number of ether oxygens (including phenoxy) is 1. The Labute approximate surface area is 104 Å². The molecule has 0 aromatic carbocycles. The molecule has 7 heteroatoms. The fourth-order valence-electron chi connectivity index (χ4n) is 1.52. The summed E-state index contributed by atoms with van der Waals surface area (Å²) in [7, 11) is -1.62. The van der Waals surface area contributed by atoms with Crippen molar-refractivity contribution in [3.8, 4) is 0 Å². The minimum absolute atomic E-state index is 0. The first-order valence-corrected chi connectivity index (χ1v) is 6.93. The molecule has 0 aliphatic heterocycles. The molecule has 3 N–H and O–H groups in total. The monoisotopic (exact) mass is 272 g/mol. The normalized spacial score (nSPS) is 17.9. The number of nitrogens with two attached hydrogens (primary N) is 1. The molecule has 0 spiro atoms. The molecule has 98 valence electrons. The van der Waals surface area contributed by atoms with E-state index in [0.29, 0.717) is 25.5 Å². The van der Waals surface area contributed by atoms with E-state index in [-0.39, 0.29) is 24.2 Å². The molecule has 1 fully saturated rings. The standard InChI is InChI=1S/C9H20N2O3S.ClH/c1-14-5-2-6-15(12,13)11-9(7-10)8-3-4-8;/h8-9,11H,2-7,10H2,1H3;1H. The van der Waals surface area contributed by atoms with Crippen LogP contribution < -0.4 is 10.5 Å². The Hall–Kier alpha value is 0.120. The molecule has 5 nitrogen and oxygen atoms in total. The van der Waals surface area contributed by atoms with E-state index in [1.54, 1.807) is 7.11 Å². The molecule has 16 heavy (non-hydrogen) atoms. The van der Waals surface area contributed by atoms with Crippen LogP contribution in [0.1, 0.15) is 19.3 Å². The highest BCUT2D eigenvalue weighted by molar-refractivity contribution is 7.89. The van der Waals surface area contributed by atoms with Gasteiger partial charge in [-0.1, -0.05) is 0 Å². The first kappa shape index (κ1) is 16.1. The lowest BCUT2D eigenvalue weighted by Crippen LogP contribution is -2.42. The maximum Gasteiger partial charge on any atom is 0.211 e. The van der Waals surface area contributed by atoms with Gasteiger partial charge in [-0.25, -0.2) is 13.1 Å². The highest BCUT2D eigenvalue weighted by Crippen LogP contribution is 2.32. The van der Waals surface area contributed by atoms with Crippen molar-refractivity contribution in [3.63, 3.8) is 0 Å². The summed E-state index contributed by atoms with van der Waals surface area (Å²) >= 11 is 0. The highest BCUT2D eigenvalue weighted by Gasteiger charge is 2.32. The Morgan fingerprint density at radius 3 is 2.56 bits per heavy atom. The first-order chi connectivity index (χ1) is 7.09. The van der Waals surface area contributed by atoms with E-state index in [1.165, 1.54) is 0 Å². The van der Waals surface area contributed by atoms with Gasteiger partial charge < -0.3 is 10.5 Å². The molecule has 1 aliphatic carbocycles. The maximum atomic E-state index is 11.6. The summed E-state index contributed by atoms with van der Waals surface area (Å²) in [5, 5.41) is 0.